The molecule has 0 aliphatic rings. The van der Waals surface area contributed by atoms with Gasteiger partial charge in [0.2, 0.25) is 0 Å². The monoisotopic (exact) mass is 246 g/mol. The molecule has 0 amide bonds. The molecule has 1 unspecified atom stereocenters. The molecule has 0 saturated heterocycles. The van der Waals surface area contributed by atoms with E-state index >= 15 is 0 Å². The highest BCUT2D eigenvalue weighted by molar-refractivity contribution is 8.07. The zero-order chi connectivity index (χ0) is 10.3. The van der Waals surface area contributed by atoms with Crippen molar-refractivity contribution in [3.05, 3.63) is 0 Å². The summed E-state index contributed by atoms with van der Waals surface area (Å²) in [6, 6.07) is 0. The molecule has 0 radical (unpaired) electrons. The highest BCUT2D eigenvalue weighted by atomic mass is 32.5. The minimum Gasteiger partial charge on any atom is -0.312 e. The lowest BCUT2D eigenvalue weighted by Crippen LogP contribution is -2.07. The third kappa shape index (κ3) is 5.88. The van der Waals surface area contributed by atoms with Crippen LogP contribution in [0, 0.1) is 0 Å². The van der Waals surface area contributed by atoms with Crippen molar-refractivity contribution < 1.29 is 17.8 Å². The minimum absolute atomic E-state index is 0.319. The third-order valence-corrected chi connectivity index (χ3v) is 5.20. The molecule has 0 aromatic carbocycles. The van der Waals surface area contributed by atoms with E-state index in [9.17, 15) is 4.21 Å². The fourth-order valence-electron chi connectivity index (χ4n) is 0.566. The van der Waals surface area contributed by atoms with Gasteiger partial charge in [0.05, 0.1) is 6.61 Å². The first-order valence-electron chi connectivity index (χ1n) is 3.79. The molecule has 0 fully saturated rings. The molecule has 0 heterocycles. The molecule has 0 aromatic heterocycles. The maximum absolute atomic E-state index is 11.0. The second-order valence-electron chi connectivity index (χ2n) is 2.08. The van der Waals surface area contributed by atoms with Crippen molar-refractivity contribution in [2.45, 2.75) is 6.92 Å². The SMILES string of the molecule is CCS(=O)CCOP(=S)(OC)OC. The van der Waals surface area contributed by atoms with Gasteiger partial charge in [-0.2, -0.15) is 0 Å². The zero-order valence-corrected chi connectivity index (χ0v) is 10.5. The summed E-state index contributed by atoms with van der Waals surface area (Å²) in [5.41, 5.74) is 0. The van der Waals surface area contributed by atoms with Crippen molar-refractivity contribution in [3.63, 3.8) is 0 Å². The van der Waals surface area contributed by atoms with Crippen LogP contribution in [0.25, 0.3) is 0 Å². The predicted octanol–water partition coefficient (Wildman–Crippen LogP) is 1.29. The molecule has 0 spiro atoms. The minimum atomic E-state index is -2.55. The molecule has 7 heteroatoms. The standard InChI is InChI=1S/C6H15O4PS2/c1-4-13(7)6-5-10-11(12,8-2)9-3/h4-6H2,1-3H3. The summed E-state index contributed by atoms with van der Waals surface area (Å²) in [5.74, 6) is 1.10. The van der Waals surface area contributed by atoms with Crippen molar-refractivity contribution in [2.24, 2.45) is 0 Å². The normalized spacial score (nSPS) is 14.4. The molecule has 0 rings (SSSR count). The van der Waals surface area contributed by atoms with Gasteiger partial charge in [0.1, 0.15) is 0 Å². The molecule has 0 saturated carbocycles. The van der Waals surface area contributed by atoms with E-state index in [0.717, 1.165) is 0 Å². The van der Waals surface area contributed by atoms with Crippen LogP contribution in [0.1, 0.15) is 6.92 Å². The van der Waals surface area contributed by atoms with E-state index < -0.39 is 17.5 Å². The quantitative estimate of drug-likeness (QED) is 0.633. The van der Waals surface area contributed by atoms with Crippen LogP contribution in [0.4, 0.5) is 0 Å². The molecule has 0 aliphatic heterocycles. The summed E-state index contributed by atoms with van der Waals surface area (Å²) in [4.78, 5) is 0. The maximum Gasteiger partial charge on any atom is 0.326 e. The van der Waals surface area contributed by atoms with Gasteiger partial charge in [0.15, 0.2) is 0 Å². The first kappa shape index (κ1) is 13.7. The van der Waals surface area contributed by atoms with E-state index in [4.69, 9.17) is 25.4 Å². The highest BCUT2D eigenvalue weighted by Crippen LogP contribution is 2.47. The molecule has 0 aliphatic carbocycles. The summed E-state index contributed by atoms with van der Waals surface area (Å²) in [5, 5.41) is 0. The van der Waals surface area contributed by atoms with Gasteiger partial charge in [-0.1, -0.05) is 6.92 Å². The van der Waals surface area contributed by atoms with Crippen LogP contribution in [0.3, 0.4) is 0 Å². The molecular formula is C6H15O4PS2. The second kappa shape index (κ2) is 7.04. The molecule has 1 atom stereocenters. The Balaban J connectivity index is 3.74. The summed E-state index contributed by atoms with van der Waals surface area (Å²) in [6.45, 7) is -0.370. The second-order valence-corrected chi connectivity index (χ2v) is 7.17. The van der Waals surface area contributed by atoms with Crippen molar-refractivity contribution in [1.29, 1.82) is 0 Å². The van der Waals surface area contributed by atoms with Gasteiger partial charge in [-0.25, -0.2) is 0 Å². The van der Waals surface area contributed by atoms with Crippen LogP contribution in [-0.2, 0) is 36.2 Å². The van der Waals surface area contributed by atoms with E-state index in [2.05, 4.69) is 0 Å². The molecular weight excluding hydrogens is 231 g/mol. The fraction of sp³-hybridized carbons (Fsp3) is 1.00. The number of hydrogen-bond donors (Lipinski definition) is 0. The van der Waals surface area contributed by atoms with E-state index in [1.165, 1.54) is 14.2 Å². The van der Waals surface area contributed by atoms with E-state index in [-0.39, 0.29) is 0 Å². The molecule has 4 nitrogen and oxygen atoms in total. The van der Waals surface area contributed by atoms with Crippen molar-refractivity contribution in [1.82, 2.24) is 0 Å². The molecule has 0 N–H and O–H groups in total. The van der Waals surface area contributed by atoms with Gasteiger partial charge in [0, 0.05) is 36.5 Å². The van der Waals surface area contributed by atoms with E-state index in [1.54, 1.807) is 0 Å². The molecule has 0 bridgehead atoms. The Bertz CT molecular complexity index is 201. The van der Waals surface area contributed by atoms with E-state index in [0.29, 0.717) is 18.1 Å². The number of rotatable bonds is 7. The molecule has 13 heavy (non-hydrogen) atoms. The molecule has 80 valence electrons. The van der Waals surface area contributed by atoms with Gasteiger partial charge in [-0.05, 0) is 11.8 Å². The summed E-state index contributed by atoms with van der Waals surface area (Å²) >= 11 is 4.94. The Morgan fingerprint density at radius 3 is 2.31 bits per heavy atom. The Morgan fingerprint density at radius 1 is 1.38 bits per heavy atom. The van der Waals surface area contributed by atoms with Crippen LogP contribution < -0.4 is 0 Å². The highest BCUT2D eigenvalue weighted by Gasteiger charge is 2.16. The summed E-state index contributed by atoms with van der Waals surface area (Å²) in [7, 11) is 2.06. The third-order valence-electron chi connectivity index (χ3n) is 1.33. The van der Waals surface area contributed by atoms with Gasteiger partial charge in [-0.15, -0.1) is 0 Å². The van der Waals surface area contributed by atoms with Crippen LogP contribution in [0.5, 0.6) is 0 Å². The van der Waals surface area contributed by atoms with Gasteiger partial charge in [-0.3, -0.25) is 4.21 Å². The maximum atomic E-state index is 11.0. The first-order chi connectivity index (χ1) is 6.08. The van der Waals surface area contributed by atoms with Gasteiger partial charge >= 0.3 is 6.72 Å². The summed E-state index contributed by atoms with van der Waals surface area (Å²) < 4.78 is 26.0. The van der Waals surface area contributed by atoms with Gasteiger partial charge < -0.3 is 13.6 Å². The van der Waals surface area contributed by atoms with Crippen molar-refractivity contribution in [3.8, 4) is 0 Å². The van der Waals surface area contributed by atoms with E-state index in [1.807, 2.05) is 6.92 Å². The lowest BCUT2D eigenvalue weighted by atomic mass is 10.9. The lowest BCUT2D eigenvalue weighted by molar-refractivity contribution is 0.212. The summed E-state index contributed by atoms with van der Waals surface area (Å²) in [6.07, 6.45) is 0. The lowest BCUT2D eigenvalue weighted by Gasteiger charge is -2.16. The Kier molecular flexibility index (Phi) is 7.40. The van der Waals surface area contributed by atoms with Crippen LogP contribution in [-0.4, -0.2) is 36.5 Å². The predicted molar refractivity (Wildman–Crippen MR) is 57.8 cm³/mol. The number of hydrogen-bond acceptors (Lipinski definition) is 5. The molecule has 0 aromatic rings. The van der Waals surface area contributed by atoms with Gasteiger partial charge in [0.25, 0.3) is 0 Å². The van der Waals surface area contributed by atoms with Crippen LogP contribution in [0.15, 0.2) is 0 Å². The van der Waals surface area contributed by atoms with Crippen molar-refractivity contribution in [2.75, 3.05) is 32.3 Å². The first-order valence-corrected chi connectivity index (χ1v) is 7.83. The van der Waals surface area contributed by atoms with Crippen LogP contribution >= 0.6 is 6.72 Å². The smallest absolute Gasteiger partial charge is 0.312 e. The van der Waals surface area contributed by atoms with Crippen molar-refractivity contribution >= 4 is 29.3 Å². The zero-order valence-electron chi connectivity index (χ0n) is 8.02. The topological polar surface area (TPSA) is 44.8 Å². The Hall–Kier alpha value is 0.680. The Morgan fingerprint density at radius 2 is 1.92 bits per heavy atom. The van der Waals surface area contributed by atoms with Crippen LogP contribution in [0.2, 0.25) is 0 Å². The average molecular weight is 246 g/mol. The average Bonchev–Trinajstić information content (AvgIpc) is 2.17. The fourth-order valence-corrected chi connectivity index (χ4v) is 2.15. The largest absolute Gasteiger partial charge is 0.326 e. The Labute approximate surface area is 86.7 Å².